The van der Waals surface area contributed by atoms with Crippen LogP contribution in [0.2, 0.25) is 0 Å². The van der Waals surface area contributed by atoms with E-state index in [1.165, 1.54) is 28.8 Å². The third-order valence-electron chi connectivity index (χ3n) is 4.04. The van der Waals surface area contributed by atoms with Crippen molar-refractivity contribution >= 4 is 28.9 Å². The number of likely N-dealkylation sites (N-methyl/N-ethyl adjacent to an activating group) is 1. The summed E-state index contributed by atoms with van der Waals surface area (Å²) in [5.41, 5.74) is 1.55. The van der Waals surface area contributed by atoms with Gasteiger partial charge in [-0.2, -0.15) is 0 Å². The van der Waals surface area contributed by atoms with Gasteiger partial charge in [0.25, 0.3) is 5.91 Å². The summed E-state index contributed by atoms with van der Waals surface area (Å²) in [5.74, 6) is 0.745. The Bertz CT molecular complexity index is 943. The minimum atomic E-state index is -0.299. The summed E-state index contributed by atoms with van der Waals surface area (Å²) in [6.07, 6.45) is 1.81. The Morgan fingerprint density at radius 2 is 2.00 bits per heavy atom. The molecule has 2 aromatic carbocycles. The maximum atomic E-state index is 13.3. The van der Waals surface area contributed by atoms with Gasteiger partial charge in [-0.3, -0.25) is 14.7 Å². The van der Waals surface area contributed by atoms with E-state index in [0.717, 1.165) is 11.1 Å². The number of amidine groups is 1. The van der Waals surface area contributed by atoms with Crippen LogP contribution >= 0.6 is 11.8 Å². The van der Waals surface area contributed by atoms with Crippen LogP contribution < -0.4 is 9.47 Å². The monoisotopic (exact) mass is 400 g/mol. The first-order valence-electron chi connectivity index (χ1n) is 8.80. The molecule has 7 heteroatoms. The molecule has 0 bridgehead atoms. The number of thioether (sulfide) groups is 1. The zero-order chi connectivity index (χ0) is 20.1. The van der Waals surface area contributed by atoms with Crippen molar-refractivity contribution in [3.8, 4) is 11.5 Å². The van der Waals surface area contributed by atoms with Gasteiger partial charge in [0.1, 0.15) is 12.4 Å². The minimum absolute atomic E-state index is 0.0880. The Morgan fingerprint density at radius 1 is 1.18 bits per heavy atom. The summed E-state index contributed by atoms with van der Waals surface area (Å²) in [6.45, 7) is 2.59. The fourth-order valence-corrected chi connectivity index (χ4v) is 3.62. The molecular weight excluding hydrogens is 379 g/mol. The molecule has 0 aromatic heterocycles. The molecule has 1 saturated heterocycles. The fraction of sp³-hybridized carbons (Fsp3) is 0.238. The summed E-state index contributed by atoms with van der Waals surface area (Å²) in [4.78, 5) is 18.5. The van der Waals surface area contributed by atoms with Crippen molar-refractivity contribution in [2.45, 2.75) is 13.5 Å². The third kappa shape index (κ3) is 4.54. The molecule has 2 aromatic rings. The highest BCUT2D eigenvalue weighted by atomic mass is 32.2. The van der Waals surface area contributed by atoms with Crippen LogP contribution in [0.5, 0.6) is 11.5 Å². The highest BCUT2D eigenvalue weighted by molar-refractivity contribution is 8.18. The smallest absolute Gasteiger partial charge is 0.266 e. The second kappa shape index (κ2) is 8.93. The Labute approximate surface area is 167 Å². The van der Waals surface area contributed by atoms with E-state index in [1.54, 1.807) is 38.4 Å². The van der Waals surface area contributed by atoms with E-state index in [-0.39, 0.29) is 18.3 Å². The van der Waals surface area contributed by atoms with Gasteiger partial charge in [-0.25, -0.2) is 4.39 Å². The van der Waals surface area contributed by atoms with Crippen molar-refractivity contribution in [2.24, 2.45) is 4.99 Å². The van der Waals surface area contributed by atoms with Crippen LogP contribution in [0.15, 0.2) is 52.4 Å². The lowest BCUT2D eigenvalue weighted by Crippen LogP contribution is -2.23. The van der Waals surface area contributed by atoms with Crippen LogP contribution in [0, 0.1) is 5.82 Å². The third-order valence-corrected chi connectivity index (χ3v) is 5.20. The summed E-state index contributed by atoms with van der Waals surface area (Å²) < 4.78 is 24.8. The molecule has 1 heterocycles. The van der Waals surface area contributed by atoms with Crippen LogP contribution in [-0.2, 0) is 11.4 Å². The van der Waals surface area contributed by atoms with Gasteiger partial charge in [-0.15, -0.1) is 0 Å². The average Bonchev–Trinajstić information content (AvgIpc) is 2.95. The topological polar surface area (TPSA) is 51.1 Å². The molecule has 1 amide bonds. The average molecular weight is 400 g/mol. The van der Waals surface area contributed by atoms with E-state index in [1.807, 2.05) is 19.1 Å². The first kappa shape index (κ1) is 19.9. The maximum absolute atomic E-state index is 13.3. The molecule has 0 radical (unpaired) electrons. The van der Waals surface area contributed by atoms with Crippen molar-refractivity contribution in [3.05, 3.63) is 64.3 Å². The molecule has 5 nitrogen and oxygen atoms in total. The number of carbonyl (C=O) groups excluding carboxylic acids is 1. The van der Waals surface area contributed by atoms with Gasteiger partial charge in [-0.1, -0.05) is 18.2 Å². The number of hydrogen-bond donors (Lipinski definition) is 0. The minimum Gasteiger partial charge on any atom is -0.490 e. The first-order valence-corrected chi connectivity index (χ1v) is 9.62. The summed E-state index contributed by atoms with van der Waals surface area (Å²) >= 11 is 1.33. The van der Waals surface area contributed by atoms with Crippen LogP contribution in [0.1, 0.15) is 18.1 Å². The van der Waals surface area contributed by atoms with Gasteiger partial charge in [0.15, 0.2) is 16.7 Å². The van der Waals surface area contributed by atoms with E-state index in [0.29, 0.717) is 28.2 Å². The van der Waals surface area contributed by atoms with Gasteiger partial charge >= 0.3 is 0 Å². The van der Waals surface area contributed by atoms with Crippen molar-refractivity contribution in [1.82, 2.24) is 4.90 Å². The van der Waals surface area contributed by atoms with Gasteiger partial charge in [0, 0.05) is 14.1 Å². The number of hydrogen-bond acceptors (Lipinski definition) is 5. The molecule has 0 atom stereocenters. The molecule has 0 spiro atoms. The lowest BCUT2D eigenvalue weighted by atomic mass is 10.1. The number of ether oxygens (including phenoxy) is 2. The molecule has 0 aliphatic carbocycles. The van der Waals surface area contributed by atoms with Gasteiger partial charge in [0.05, 0.1) is 11.5 Å². The number of carbonyl (C=O) groups is 1. The van der Waals surface area contributed by atoms with Crippen LogP contribution in [0.3, 0.4) is 0 Å². The Hall–Kier alpha value is -2.80. The van der Waals surface area contributed by atoms with Crippen molar-refractivity contribution < 1.29 is 18.7 Å². The van der Waals surface area contributed by atoms with Crippen LogP contribution in [-0.4, -0.2) is 36.7 Å². The molecule has 0 N–H and O–H groups in total. The summed E-state index contributed by atoms with van der Waals surface area (Å²) in [7, 11) is 3.36. The van der Waals surface area contributed by atoms with E-state index in [2.05, 4.69) is 4.99 Å². The van der Waals surface area contributed by atoms with Gasteiger partial charge < -0.3 is 9.47 Å². The molecule has 0 unspecified atom stereocenters. The van der Waals surface area contributed by atoms with Crippen molar-refractivity contribution in [2.75, 3.05) is 20.7 Å². The van der Waals surface area contributed by atoms with E-state index in [9.17, 15) is 9.18 Å². The molecule has 1 aliphatic heterocycles. The zero-order valence-corrected chi connectivity index (χ0v) is 16.8. The lowest BCUT2D eigenvalue weighted by molar-refractivity contribution is -0.121. The highest BCUT2D eigenvalue weighted by Gasteiger charge is 2.29. The highest BCUT2D eigenvalue weighted by Crippen LogP contribution is 2.34. The predicted molar refractivity (Wildman–Crippen MR) is 110 cm³/mol. The second-order valence-corrected chi connectivity index (χ2v) is 7.05. The molecule has 1 aliphatic rings. The Kier molecular flexibility index (Phi) is 6.36. The normalized spacial score (nSPS) is 16.9. The van der Waals surface area contributed by atoms with Crippen molar-refractivity contribution in [3.63, 3.8) is 0 Å². The number of nitrogens with zero attached hydrogens (tertiary/aromatic N) is 2. The second-order valence-electron chi connectivity index (χ2n) is 6.04. The van der Waals surface area contributed by atoms with Gasteiger partial charge in [0.2, 0.25) is 0 Å². The number of benzene rings is 2. The number of rotatable bonds is 6. The van der Waals surface area contributed by atoms with E-state index >= 15 is 0 Å². The lowest BCUT2D eigenvalue weighted by Gasteiger charge is -2.13. The fourth-order valence-electron chi connectivity index (χ4n) is 2.69. The van der Waals surface area contributed by atoms with Crippen molar-refractivity contribution in [1.29, 1.82) is 0 Å². The standard InChI is InChI=1S/C21H21FN2O3S/c1-4-26-18-11-14(12-19-20(25)24(3)21(23-2)28-19)8-9-17(18)27-13-15-6-5-7-16(22)10-15/h5-12H,4,13H2,1-3H3/b19-12+,23-21?. The van der Waals surface area contributed by atoms with Gasteiger partial charge in [-0.05, 0) is 60.2 Å². The molecular formula is C21H21FN2O3S. The molecule has 28 heavy (non-hydrogen) atoms. The Morgan fingerprint density at radius 3 is 2.68 bits per heavy atom. The summed E-state index contributed by atoms with van der Waals surface area (Å²) in [6, 6.07) is 11.7. The van der Waals surface area contributed by atoms with E-state index < -0.39 is 0 Å². The first-order chi connectivity index (χ1) is 13.5. The maximum Gasteiger partial charge on any atom is 0.266 e. The van der Waals surface area contributed by atoms with Crippen LogP contribution in [0.4, 0.5) is 4.39 Å². The van der Waals surface area contributed by atoms with Crippen LogP contribution in [0.25, 0.3) is 6.08 Å². The predicted octanol–water partition coefficient (Wildman–Crippen LogP) is 4.34. The quantitative estimate of drug-likeness (QED) is 0.677. The SMILES string of the molecule is CCOc1cc(/C=C2/SC(=NC)N(C)C2=O)ccc1OCc1cccc(F)c1. The number of amides is 1. The zero-order valence-electron chi connectivity index (χ0n) is 15.9. The number of aliphatic imine (C=N–C) groups is 1. The molecule has 1 fully saturated rings. The molecule has 3 rings (SSSR count). The largest absolute Gasteiger partial charge is 0.490 e. The molecule has 0 saturated carbocycles. The Balaban J connectivity index is 1.81. The molecule has 146 valence electrons. The number of halogens is 1. The summed E-state index contributed by atoms with van der Waals surface area (Å²) in [5, 5.41) is 0.663. The van der Waals surface area contributed by atoms with E-state index in [4.69, 9.17) is 9.47 Å².